The van der Waals surface area contributed by atoms with E-state index >= 15 is 0 Å². The molecule has 1 N–H and O–H groups in total. The van der Waals surface area contributed by atoms with Crippen LogP contribution in [0, 0.1) is 17.6 Å². The molecule has 1 aromatic carbocycles. The summed E-state index contributed by atoms with van der Waals surface area (Å²) in [5, 5.41) is 2.63. The molecule has 2 atom stereocenters. The molecule has 1 fully saturated rings. The van der Waals surface area contributed by atoms with Gasteiger partial charge in [0.15, 0.2) is 0 Å². The Morgan fingerprint density at radius 1 is 1.30 bits per heavy atom. The number of carbonyl (C=O) groups is 1. The van der Waals surface area contributed by atoms with Gasteiger partial charge in [0, 0.05) is 17.7 Å². The van der Waals surface area contributed by atoms with Crippen molar-refractivity contribution in [2.45, 2.75) is 25.6 Å². The van der Waals surface area contributed by atoms with Crippen LogP contribution in [0.4, 0.5) is 14.7 Å². The maximum atomic E-state index is 13.7. The van der Waals surface area contributed by atoms with Gasteiger partial charge in [0.1, 0.15) is 11.6 Å². The van der Waals surface area contributed by atoms with Crippen molar-refractivity contribution in [1.82, 2.24) is 9.97 Å². The Morgan fingerprint density at radius 3 is 3.04 bits per heavy atom. The summed E-state index contributed by atoms with van der Waals surface area (Å²) < 4.78 is 32.2. The second-order valence-electron chi connectivity index (χ2n) is 5.76. The molecule has 1 aromatic heterocycles. The topological polar surface area (TPSA) is 64.1 Å². The largest absolute Gasteiger partial charge is 0.370 e. The van der Waals surface area contributed by atoms with E-state index in [9.17, 15) is 13.6 Å². The van der Waals surface area contributed by atoms with Crippen LogP contribution >= 0.6 is 0 Å². The molecule has 0 spiro atoms. The molecule has 118 valence electrons. The molecule has 5 nitrogen and oxygen atoms in total. The van der Waals surface area contributed by atoms with E-state index in [1.54, 1.807) is 6.20 Å². The maximum Gasteiger partial charge on any atom is 0.230 e. The van der Waals surface area contributed by atoms with Gasteiger partial charge < -0.3 is 4.74 Å². The quantitative estimate of drug-likeness (QED) is 0.945. The number of halogens is 2. The van der Waals surface area contributed by atoms with Gasteiger partial charge in [0.2, 0.25) is 11.9 Å². The van der Waals surface area contributed by atoms with Crippen LogP contribution in [-0.2, 0) is 22.7 Å². The van der Waals surface area contributed by atoms with E-state index in [4.69, 9.17) is 4.74 Å². The van der Waals surface area contributed by atoms with Crippen LogP contribution in [0.3, 0.4) is 0 Å². The number of ether oxygens (including phenoxy) is 1. The third-order valence-electron chi connectivity index (χ3n) is 4.17. The number of nitrogens with one attached hydrogen (secondary N) is 1. The summed E-state index contributed by atoms with van der Waals surface area (Å²) in [5.41, 5.74) is 1.92. The van der Waals surface area contributed by atoms with Gasteiger partial charge in [0.05, 0.1) is 18.9 Å². The number of fused-ring (bicyclic) bond motifs is 1. The van der Waals surface area contributed by atoms with Crippen LogP contribution in [0.25, 0.3) is 0 Å². The minimum atomic E-state index is -0.505. The molecule has 1 aliphatic heterocycles. The summed E-state index contributed by atoms with van der Waals surface area (Å²) in [4.78, 5) is 20.5. The predicted molar refractivity (Wildman–Crippen MR) is 76.4 cm³/mol. The molecular weight excluding hydrogens is 304 g/mol. The van der Waals surface area contributed by atoms with Crippen molar-refractivity contribution in [2.75, 3.05) is 5.32 Å². The van der Waals surface area contributed by atoms with Gasteiger partial charge in [-0.25, -0.2) is 18.7 Å². The number of rotatable bonds is 3. The molecule has 1 saturated carbocycles. The standard InChI is InChI=1S/C16H13F2N3O2/c17-9-1-2-13(18)11(3-9)10-4-12(10)15(22)21-16-19-5-8-6-23-7-14(8)20-16/h1-3,5,10,12H,4,6-7H2,(H,19,20,21,22). The highest BCUT2D eigenvalue weighted by atomic mass is 19.1. The van der Waals surface area contributed by atoms with Crippen LogP contribution in [0.5, 0.6) is 0 Å². The lowest BCUT2D eigenvalue weighted by atomic mass is 10.1. The monoisotopic (exact) mass is 317 g/mol. The van der Waals surface area contributed by atoms with Crippen LogP contribution in [-0.4, -0.2) is 15.9 Å². The van der Waals surface area contributed by atoms with E-state index in [1.165, 1.54) is 0 Å². The van der Waals surface area contributed by atoms with Crippen molar-refractivity contribution in [3.63, 3.8) is 0 Å². The second kappa shape index (κ2) is 5.34. The average molecular weight is 317 g/mol. The lowest BCUT2D eigenvalue weighted by Crippen LogP contribution is -2.17. The molecule has 23 heavy (non-hydrogen) atoms. The smallest absolute Gasteiger partial charge is 0.230 e. The first kappa shape index (κ1) is 14.2. The van der Waals surface area contributed by atoms with Crippen LogP contribution < -0.4 is 5.32 Å². The second-order valence-corrected chi connectivity index (χ2v) is 5.76. The normalized spacial score (nSPS) is 21.8. The molecule has 0 bridgehead atoms. The van der Waals surface area contributed by atoms with Crippen molar-refractivity contribution in [2.24, 2.45) is 5.92 Å². The molecule has 1 amide bonds. The van der Waals surface area contributed by atoms with Crippen molar-refractivity contribution in [3.05, 3.63) is 52.9 Å². The van der Waals surface area contributed by atoms with Crippen molar-refractivity contribution in [3.8, 4) is 0 Å². The Bertz CT molecular complexity index is 797. The molecule has 2 heterocycles. The van der Waals surface area contributed by atoms with Gasteiger partial charge in [-0.1, -0.05) is 0 Å². The zero-order valence-electron chi connectivity index (χ0n) is 12.1. The van der Waals surface area contributed by atoms with Gasteiger partial charge in [-0.15, -0.1) is 0 Å². The fourth-order valence-corrected chi connectivity index (χ4v) is 2.84. The summed E-state index contributed by atoms with van der Waals surface area (Å²) in [6, 6.07) is 3.30. The Morgan fingerprint density at radius 2 is 2.17 bits per heavy atom. The average Bonchev–Trinajstić information content (AvgIpc) is 3.20. The maximum absolute atomic E-state index is 13.7. The number of aromatic nitrogens is 2. The minimum Gasteiger partial charge on any atom is -0.370 e. The Balaban J connectivity index is 1.46. The first-order valence-corrected chi connectivity index (χ1v) is 7.30. The van der Waals surface area contributed by atoms with E-state index in [0.29, 0.717) is 19.6 Å². The van der Waals surface area contributed by atoms with Gasteiger partial charge in [-0.2, -0.15) is 0 Å². The van der Waals surface area contributed by atoms with Crippen LogP contribution in [0.1, 0.15) is 29.2 Å². The summed E-state index contributed by atoms with van der Waals surface area (Å²) >= 11 is 0. The molecule has 2 aliphatic rings. The molecular formula is C16H13F2N3O2. The number of amides is 1. The first-order valence-electron chi connectivity index (χ1n) is 7.30. The molecule has 0 radical (unpaired) electrons. The van der Waals surface area contributed by atoms with Gasteiger partial charge in [0.25, 0.3) is 0 Å². The minimum absolute atomic E-state index is 0.213. The Kier molecular flexibility index (Phi) is 3.30. The Hall–Kier alpha value is -2.41. The first-order chi connectivity index (χ1) is 11.1. The molecule has 1 aliphatic carbocycles. The Labute approximate surface area is 130 Å². The number of nitrogens with zero attached hydrogens (tertiary/aromatic N) is 2. The fraction of sp³-hybridized carbons (Fsp3) is 0.312. The molecule has 7 heteroatoms. The van der Waals surface area contributed by atoms with Crippen molar-refractivity contribution >= 4 is 11.9 Å². The van der Waals surface area contributed by atoms with E-state index < -0.39 is 11.6 Å². The van der Waals surface area contributed by atoms with Crippen molar-refractivity contribution < 1.29 is 18.3 Å². The molecule has 4 rings (SSSR count). The molecule has 2 unspecified atom stereocenters. The van der Waals surface area contributed by atoms with Crippen molar-refractivity contribution in [1.29, 1.82) is 0 Å². The van der Waals surface area contributed by atoms with Crippen LogP contribution in [0.2, 0.25) is 0 Å². The highest BCUT2D eigenvalue weighted by molar-refractivity contribution is 5.93. The third-order valence-corrected chi connectivity index (χ3v) is 4.17. The summed E-state index contributed by atoms with van der Waals surface area (Å²) in [6.45, 7) is 0.883. The number of anilines is 1. The lowest BCUT2D eigenvalue weighted by molar-refractivity contribution is -0.117. The molecule has 0 saturated heterocycles. The summed E-state index contributed by atoms with van der Waals surface area (Å²) in [5.74, 6) is -1.75. The van der Waals surface area contributed by atoms with E-state index in [-0.39, 0.29) is 29.3 Å². The number of benzene rings is 1. The summed E-state index contributed by atoms with van der Waals surface area (Å²) in [6.07, 6.45) is 2.11. The van der Waals surface area contributed by atoms with E-state index in [2.05, 4.69) is 15.3 Å². The zero-order chi connectivity index (χ0) is 16.0. The van der Waals surface area contributed by atoms with Gasteiger partial charge in [-0.3, -0.25) is 10.1 Å². The summed E-state index contributed by atoms with van der Waals surface area (Å²) in [7, 11) is 0. The van der Waals surface area contributed by atoms with Crippen LogP contribution in [0.15, 0.2) is 24.4 Å². The zero-order valence-corrected chi connectivity index (χ0v) is 12.1. The third kappa shape index (κ3) is 2.68. The lowest BCUT2D eigenvalue weighted by Gasteiger charge is -2.05. The SMILES string of the molecule is O=C(Nc1ncc2c(n1)COC2)C1CC1c1cc(F)ccc1F. The predicted octanol–water partition coefficient (Wildman–Crippen LogP) is 2.53. The van der Waals surface area contributed by atoms with Gasteiger partial charge in [-0.05, 0) is 36.1 Å². The molecule has 2 aromatic rings. The van der Waals surface area contributed by atoms with E-state index in [1.807, 2.05) is 0 Å². The number of carbonyl (C=O) groups excluding carboxylic acids is 1. The highest BCUT2D eigenvalue weighted by Crippen LogP contribution is 2.48. The van der Waals surface area contributed by atoms with E-state index in [0.717, 1.165) is 29.5 Å². The number of hydrogen-bond acceptors (Lipinski definition) is 4. The number of hydrogen-bond donors (Lipinski definition) is 1. The fourth-order valence-electron chi connectivity index (χ4n) is 2.84. The highest BCUT2D eigenvalue weighted by Gasteiger charge is 2.45. The van der Waals surface area contributed by atoms with Gasteiger partial charge >= 0.3 is 0 Å².